The van der Waals surface area contributed by atoms with Gasteiger partial charge in [0.1, 0.15) is 17.8 Å². The molecule has 2 aromatic heterocycles. The van der Waals surface area contributed by atoms with Crippen molar-refractivity contribution >= 4 is 40.1 Å². The van der Waals surface area contributed by atoms with Gasteiger partial charge in [-0.1, -0.05) is 23.1 Å². The molecule has 11 heteroatoms. The van der Waals surface area contributed by atoms with Crippen LogP contribution >= 0.6 is 23.1 Å². The van der Waals surface area contributed by atoms with Gasteiger partial charge < -0.3 is 19.2 Å². The lowest BCUT2D eigenvalue weighted by Gasteiger charge is -2.09. The van der Waals surface area contributed by atoms with Gasteiger partial charge in [0.05, 0.1) is 17.4 Å². The molecule has 172 valence electrons. The number of nitrogens with one attached hydrogen (secondary N) is 1. The van der Waals surface area contributed by atoms with E-state index in [1.807, 2.05) is 13.8 Å². The fourth-order valence-electron chi connectivity index (χ4n) is 2.69. The van der Waals surface area contributed by atoms with Crippen LogP contribution in [0.5, 0.6) is 11.5 Å². The van der Waals surface area contributed by atoms with Gasteiger partial charge in [-0.2, -0.15) is 0 Å². The fourth-order valence-corrected chi connectivity index (χ4v) is 4.34. The number of ether oxygens (including phenoxy) is 2. The monoisotopic (exact) mass is 487 g/mol. The maximum Gasteiger partial charge on any atom is 0.343 e. The topological polar surface area (TPSA) is 121 Å². The highest BCUT2D eigenvalue weighted by Crippen LogP contribution is 2.32. The molecule has 0 unspecified atom stereocenters. The van der Waals surface area contributed by atoms with Crippen LogP contribution in [0.4, 0.5) is 5.13 Å². The lowest BCUT2D eigenvalue weighted by atomic mass is 10.2. The highest BCUT2D eigenvalue weighted by atomic mass is 32.2. The average Bonchev–Trinajstić information content (AvgIpc) is 3.54. The second kappa shape index (κ2) is 10.2. The molecule has 9 nitrogen and oxygen atoms in total. The largest absolute Gasteiger partial charge is 0.491 e. The predicted molar refractivity (Wildman–Crippen MR) is 123 cm³/mol. The van der Waals surface area contributed by atoms with Gasteiger partial charge in [0, 0.05) is 12.0 Å². The van der Waals surface area contributed by atoms with Crippen LogP contribution in [0.15, 0.2) is 50.1 Å². The van der Waals surface area contributed by atoms with Crippen molar-refractivity contribution in [2.24, 2.45) is 5.92 Å². The summed E-state index contributed by atoms with van der Waals surface area (Å²) in [5.74, 6) is 0.539. The van der Waals surface area contributed by atoms with Crippen LogP contribution in [-0.2, 0) is 10.5 Å². The van der Waals surface area contributed by atoms with E-state index in [1.54, 1.807) is 24.3 Å². The van der Waals surface area contributed by atoms with E-state index < -0.39 is 11.4 Å². The number of carbonyl (C=O) groups excluding carboxylic acids is 2. The molecule has 1 aromatic carbocycles. The van der Waals surface area contributed by atoms with Gasteiger partial charge in [-0.05, 0) is 51.0 Å². The van der Waals surface area contributed by atoms with E-state index in [4.69, 9.17) is 13.9 Å². The number of hydrogen-bond donors (Lipinski definition) is 1. The van der Waals surface area contributed by atoms with Crippen LogP contribution < -0.4 is 20.2 Å². The van der Waals surface area contributed by atoms with Gasteiger partial charge in [-0.3, -0.25) is 9.59 Å². The Kier molecular flexibility index (Phi) is 7.09. The third-order valence-electron chi connectivity index (χ3n) is 4.44. The minimum atomic E-state index is -0.671. The van der Waals surface area contributed by atoms with Gasteiger partial charge in [-0.25, -0.2) is 4.79 Å². The Bertz CT molecular complexity index is 1200. The summed E-state index contributed by atoms with van der Waals surface area (Å²) < 4.78 is 16.8. The average molecular weight is 488 g/mol. The summed E-state index contributed by atoms with van der Waals surface area (Å²) in [7, 11) is 0. The van der Waals surface area contributed by atoms with E-state index >= 15 is 0 Å². The van der Waals surface area contributed by atoms with Crippen molar-refractivity contribution in [3.63, 3.8) is 0 Å². The predicted octanol–water partition coefficient (Wildman–Crippen LogP) is 4.14. The summed E-state index contributed by atoms with van der Waals surface area (Å²) in [6, 6.07) is 7.73. The van der Waals surface area contributed by atoms with E-state index in [9.17, 15) is 14.4 Å². The molecule has 1 N–H and O–H groups in total. The number of benzene rings is 1. The number of esters is 1. The number of thioether (sulfide) groups is 1. The first-order valence-electron chi connectivity index (χ1n) is 10.2. The van der Waals surface area contributed by atoms with Gasteiger partial charge in [-0.15, -0.1) is 10.2 Å². The van der Waals surface area contributed by atoms with E-state index in [1.165, 1.54) is 29.2 Å². The number of rotatable bonds is 9. The normalized spacial score (nSPS) is 13.1. The molecule has 0 aliphatic heterocycles. The molecule has 0 bridgehead atoms. The molecule has 1 aliphatic carbocycles. The Hall–Kier alpha value is -3.18. The molecular formula is C22H21N3O6S2. The second-order valence-electron chi connectivity index (χ2n) is 7.58. The number of carbonyl (C=O) groups is 2. The number of hydrogen-bond acceptors (Lipinski definition) is 10. The van der Waals surface area contributed by atoms with Gasteiger partial charge in [0.25, 0.3) is 0 Å². The number of amides is 1. The molecule has 2 heterocycles. The number of nitrogens with zero attached hydrogens (tertiary/aromatic N) is 2. The van der Waals surface area contributed by atoms with Crippen molar-refractivity contribution in [3.8, 4) is 11.5 Å². The molecule has 0 spiro atoms. The zero-order valence-corrected chi connectivity index (χ0v) is 19.5. The van der Waals surface area contributed by atoms with Crippen LogP contribution in [0.3, 0.4) is 0 Å². The quantitative estimate of drug-likeness (QED) is 0.270. The Balaban J connectivity index is 1.31. The fraction of sp³-hybridized carbons (Fsp3) is 0.318. The smallest absolute Gasteiger partial charge is 0.343 e. The molecule has 1 amide bonds. The number of aromatic nitrogens is 2. The molecule has 4 rings (SSSR count). The summed E-state index contributed by atoms with van der Waals surface area (Å²) >= 11 is 2.57. The van der Waals surface area contributed by atoms with Crippen molar-refractivity contribution in [2.75, 3.05) is 5.32 Å². The van der Waals surface area contributed by atoms with E-state index in [0.29, 0.717) is 26.7 Å². The molecule has 0 saturated heterocycles. The first-order valence-corrected chi connectivity index (χ1v) is 12.1. The summed E-state index contributed by atoms with van der Waals surface area (Å²) in [6.45, 7) is 3.81. The van der Waals surface area contributed by atoms with Crippen molar-refractivity contribution < 1.29 is 23.5 Å². The molecule has 0 atom stereocenters. The highest BCUT2D eigenvalue weighted by molar-refractivity contribution is 8.00. The third-order valence-corrected chi connectivity index (χ3v) is 6.43. The van der Waals surface area contributed by atoms with Crippen LogP contribution in [0.25, 0.3) is 0 Å². The summed E-state index contributed by atoms with van der Waals surface area (Å²) in [6.07, 6.45) is 2.96. The first-order chi connectivity index (χ1) is 15.9. The van der Waals surface area contributed by atoms with E-state index in [0.717, 1.165) is 19.1 Å². The van der Waals surface area contributed by atoms with Crippen molar-refractivity contribution in [2.45, 2.75) is 42.9 Å². The lowest BCUT2D eigenvalue weighted by Crippen LogP contribution is -2.14. The maximum atomic E-state index is 12.3. The van der Waals surface area contributed by atoms with Gasteiger partial charge in [0.15, 0.2) is 4.34 Å². The summed E-state index contributed by atoms with van der Waals surface area (Å²) in [5, 5.41) is 11.2. The lowest BCUT2D eigenvalue weighted by molar-refractivity contribution is -0.117. The minimum absolute atomic E-state index is 0.0196. The van der Waals surface area contributed by atoms with E-state index in [-0.39, 0.29) is 29.2 Å². The molecule has 3 aromatic rings. The van der Waals surface area contributed by atoms with Crippen LogP contribution in [0.2, 0.25) is 0 Å². The molecular weight excluding hydrogens is 466 g/mol. The van der Waals surface area contributed by atoms with Crippen LogP contribution in [-0.4, -0.2) is 28.2 Å². The maximum absolute atomic E-state index is 12.3. The number of anilines is 1. The SMILES string of the molecule is CC(C)Oc1ccc(C(=O)Oc2coc(CSc3nnc(NC(=O)C4CC4)s3)cc2=O)cc1. The van der Waals surface area contributed by atoms with Crippen molar-refractivity contribution in [1.82, 2.24) is 10.2 Å². The summed E-state index contributed by atoms with van der Waals surface area (Å²) in [5.41, 5.74) is -0.189. The molecule has 33 heavy (non-hydrogen) atoms. The molecule has 0 radical (unpaired) electrons. The Labute approximate surface area is 197 Å². The molecule has 1 aliphatic rings. The second-order valence-corrected chi connectivity index (χ2v) is 9.78. The van der Waals surface area contributed by atoms with Crippen molar-refractivity contribution in [1.29, 1.82) is 0 Å². The Morgan fingerprint density at radius 2 is 2.00 bits per heavy atom. The van der Waals surface area contributed by atoms with Gasteiger partial charge >= 0.3 is 5.97 Å². The third kappa shape index (κ3) is 6.42. The molecule has 1 saturated carbocycles. The van der Waals surface area contributed by atoms with Crippen LogP contribution in [0.1, 0.15) is 42.8 Å². The van der Waals surface area contributed by atoms with Crippen molar-refractivity contribution in [3.05, 3.63) is 58.1 Å². The zero-order chi connectivity index (χ0) is 23.4. The standard InChI is InChI=1S/C22H21N3O6S2/c1-12(2)30-15-7-5-14(6-8-15)20(28)31-18-10-29-16(9-17(18)26)11-32-22-25-24-21(33-22)23-19(27)13-3-4-13/h5-10,12-13H,3-4,11H2,1-2H3,(H,23,24,27). The summed E-state index contributed by atoms with van der Waals surface area (Å²) in [4.78, 5) is 36.5. The highest BCUT2D eigenvalue weighted by Gasteiger charge is 2.30. The van der Waals surface area contributed by atoms with E-state index in [2.05, 4.69) is 15.5 Å². The zero-order valence-electron chi connectivity index (χ0n) is 17.9. The Morgan fingerprint density at radius 3 is 2.67 bits per heavy atom. The van der Waals surface area contributed by atoms with Crippen LogP contribution in [0, 0.1) is 5.92 Å². The molecule has 1 fully saturated rings. The minimum Gasteiger partial charge on any atom is -0.491 e. The first kappa shape index (κ1) is 23.0. The van der Waals surface area contributed by atoms with Gasteiger partial charge in [0.2, 0.25) is 22.2 Å². The Morgan fingerprint density at radius 1 is 1.24 bits per heavy atom.